The van der Waals surface area contributed by atoms with Gasteiger partial charge in [0.15, 0.2) is 0 Å². The second-order valence-corrected chi connectivity index (χ2v) is 4.98. The van der Waals surface area contributed by atoms with Gasteiger partial charge in [-0.3, -0.25) is 9.59 Å². The number of halogens is 4. The molecule has 1 aliphatic rings. The van der Waals surface area contributed by atoms with Crippen LogP contribution in [0.3, 0.4) is 0 Å². The van der Waals surface area contributed by atoms with E-state index in [9.17, 15) is 22.8 Å². The molecule has 0 unspecified atom stereocenters. The third-order valence-corrected chi connectivity index (χ3v) is 3.07. The van der Waals surface area contributed by atoms with Crippen molar-refractivity contribution in [3.63, 3.8) is 0 Å². The van der Waals surface area contributed by atoms with Crippen molar-refractivity contribution in [2.75, 3.05) is 0 Å². The summed E-state index contributed by atoms with van der Waals surface area (Å²) in [6.45, 7) is 3.18. The molecule has 0 spiro atoms. The number of alkyl halides is 3. The first-order chi connectivity index (χ1) is 8.54. The molecule has 19 heavy (non-hydrogen) atoms. The smallest absolute Gasteiger partial charge is 0.343 e. The lowest BCUT2D eigenvalue weighted by Gasteiger charge is -2.19. The van der Waals surface area contributed by atoms with Crippen molar-refractivity contribution >= 4 is 23.3 Å². The molecular weight excluding hydrogens is 285 g/mol. The van der Waals surface area contributed by atoms with Gasteiger partial charge in [0.25, 0.3) is 11.7 Å². The monoisotopic (exact) mass is 292 g/mol. The van der Waals surface area contributed by atoms with E-state index in [2.05, 4.69) is 10.3 Å². The highest BCUT2D eigenvalue weighted by Gasteiger charge is 2.43. The number of hydrogen-bond acceptors (Lipinski definition) is 3. The topological polar surface area (TPSA) is 59.1 Å². The Morgan fingerprint density at radius 2 is 2.00 bits per heavy atom. The minimum atomic E-state index is -5.04. The van der Waals surface area contributed by atoms with Gasteiger partial charge >= 0.3 is 6.18 Å². The number of ketones is 1. The predicted molar refractivity (Wildman–Crippen MR) is 60.1 cm³/mol. The van der Waals surface area contributed by atoms with Gasteiger partial charge in [0.2, 0.25) is 0 Å². The molecule has 0 aromatic carbocycles. The Bertz CT molecular complexity index is 596. The summed E-state index contributed by atoms with van der Waals surface area (Å²) < 4.78 is 37.1. The van der Waals surface area contributed by atoms with Crippen LogP contribution in [0.1, 0.15) is 40.3 Å². The van der Waals surface area contributed by atoms with E-state index in [1.54, 1.807) is 13.8 Å². The first kappa shape index (κ1) is 13.8. The first-order valence-electron chi connectivity index (χ1n) is 5.19. The van der Waals surface area contributed by atoms with E-state index in [-0.39, 0.29) is 11.1 Å². The van der Waals surface area contributed by atoms with Crippen LogP contribution in [-0.2, 0) is 5.54 Å². The zero-order valence-electron chi connectivity index (χ0n) is 9.85. The second-order valence-electron chi connectivity index (χ2n) is 4.63. The maximum absolute atomic E-state index is 12.4. The molecule has 0 saturated carbocycles. The summed E-state index contributed by atoms with van der Waals surface area (Å²) >= 11 is 5.70. The fourth-order valence-corrected chi connectivity index (χ4v) is 2.18. The van der Waals surface area contributed by atoms with Crippen molar-refractivity contribution in [1.82, 2.24) is 10.3 Å². The van der Waals surface area contributed by atoms with Gasteiger partial charge in [0.05, 0.1) is 11.1 Å². The fourth-order valence-electron chi connectivity index (χ4n) is 1.90. The molecule has 0 atom stereocenters. The van der Waals surface area contributed by atoms with Crippen LogP contribution in [0.2, 0.25) is 5.15 Å². The summed E-state index contributed by atoms with van der Waals surface area (Å²) in [5, 5.41) is 2.14. The molecule has 1 aromatic heterocycles. The number of aromatic nitrogens is 1. The van der Waals surface area contributed by atoms with Gasteiger partial charge in [-0.1, -0.05) is 11.6 Å². The first-order valence-corrected chi connectivity index (χ1v) is 5.57. The van der Waals surface area contributed by atoms with Crippen LogP contribution in [0, 0.1) is 0 Å². The molecule has 4 nitrogen and oxygen atoms in total. The van der Waals surface area contributed by atoms with Crippen LogP contribution in [-0.4, -0.2) is 22.9 Å². The minimum absolute atomic E-state index is 0.00499. The molecule has 2 heterocycles. The van der Waals surface area contributed by atoms with E-state index < -0.39 is 34.3 Å². The van der Waals surface area contributed by atoms with Gasteiger partial charge in [-0.15, -0.1) is 0 Å². The number of carbonyl (C=O) groups excluding carboxylic acids is 2. The molecule has 1 aliphatic heterocycles. The highest BCUT2D eigenvalue weighted by molar-refractivity contribution is 6.33. The van der Waals surface area contributed by atoms with Gasteiger partial charge in [-0.25, -0.2) is 4.98 Å². The molecule has 0 fully saturated rings. The van der Waals surface area contributed by atoms with E-state index in [1.165, 1.54) is 0 Å². The maximum atomic E-state index is 12.4. The fraction of sp³-hybridized carbons (Fsp3) is 0.364. The van der Waals surface area contributed by atoms with Crippen LogP contribution in [0.5, 0.6) is 0 Å². The molecule has 2 rings (SSSR count). The van der Waals surface area contributed by atoms with Crippen molar-refractivity contribution < 1.29 is 22.8 Å². The van der Waals surface area contributed by atoms with Crippen LogP contribution in [0.4, 0.5) is 13.2 Å². The average Bonchev–Trinajstić information content (AvgIpc) is 2.47. The molecule has 0 bridgehead atoms. The van der Waals surface area contributed by atoms with Crippen LogP contribution in [0.15, 0.2) is 6.07 Å². The Kier molecular flexibility index (Phi) is 2.85. The molecule has 1 amide bonds. The molecule has 102 valence electrons. The number of nitrogens with one attached hydrogen (secondary N) is 1. The Balaban J connectivity index is 2.63. The Hall–Kier alpha value is -1.63. The lowest BCUT2D eigenvalue weighted by Crippen LogP contribution is -2.32. The lowest BCUT2D eigenvalue weighted by molar-refractivity contribution is -0.0888. The normalized spacial score (nSPS) is 17.1. The number of nitrogens with zero attached hydrogens (tertiary/aromatic N) is 1. The quantitative estimate of drug-likeness (QED) is 0.639. The molecule has 1 N–H and O–H groups in total. The summed E-state index contributed by atoms with van der Waals surface area (Å²) in [6, 6.07) is 0.953. The van der Waals surface area contributed by atoms with Crippen molar-refractivity contribution in [1.29, 1.82) is 0 Å². The van der Waals surface area contributed by atoms with Gasteiger partial charge in [0, 0.05) is 0 Å². The van der Waals surface area contributed by atoms with E-state index in [1.807, 2.05) is 0 Å². The zero-order valence-corrected chi connectivity index (χ0v) is 10.6. The summed E-state index contributed by atoms with van der Waals surface area (Å²) in [4.78, 5) is 26.2. The predicted octanol–water partition coefficient (Wildman–Crippen LogP) is 2.46. The van der Waals surface area contributed by atoms with Gasteiger partial charge in [0.1, 0.15) is 10.8 Å². The number of pyridine rings is 1. The summed E-state index contributed by atoms with van der Waals surface area (Å²) in [7, 11) is 0. The van der Waals surface area contributed by atoms with Crippen molar-refractivity contribution in [2.45, 2.75) is 25.6 Å². The summed E-state index contributed by atoms with van der Waals surface area (Å²) in [5.41, 5.74) is -1.49. The van der Waals surface area contributed by atoms with Gasteiger partial charge in [-0.2, -0.15) is 13.2 Å². The molecule has 8 heteroatoms. The van der Waals surface area contributed by atoms with E-state index in [4.69, 9.17) is 11.6 Å². The van der Waals surface area contributed by atoms with Crippen LogP contribution < -0.4 is 5.32 Å². The molecule has 1 aromatic rings. The van der Waals surface area contributed by atoms with Gasteiger partial charge < -0.3 is 5.32 Å². The average molecular weight is 293 g/mol. The van der Waals surface area contributed by atoms with E-state index in [0.29, 0.717) is 0 Å². The van der Waals surface area contributed by atoms with Crippen molar-refractivity contribution in [3.05, 3.63) is 28.0 Å². The van der Waals surface area contributed by atoms with Gasteiger partial charge in [-0.05, 0) is 25.5 Å². The van der Waals surface area contributed by atoms with Crippen LogP contribution in [0.25, 0.3) is 0 Å². The molecule has 0 radical (unpaired) electrons. The number of amides is 1. The molecule has 0 saturated heterocycles. The Morgan fingerprint density at radius 1 is 1.42 bits per heavy atom. The third kappa shape index (κ3) is 2.18. The largest absolute Gasteiger partial charge is 0.456 e. The zero-order chi connectivity index (χ0) is 14.6. The van der Waals surface area contributed by atoms with Crippen molar-refractivity contribution in [3.8, 4) is 0 Å². The summed E-state index contributed by atoms with van der Waals surface area (Å²) in [5.74, 6) is -2.61. The maximum Gasteiger partial charge on any atom is 0.456 e. The molecule has 0 aliphatic carbocycles. The van der Waals surface area contributed by atoms with Crippen molar-refractivity contribution in [2.24, 2.45) is 0 Å². The highest BCUT2D eigenvalue weighted by atomic mass is 35.5. The third-order valence-electron chi connectivity index (χ3n) is 2.79. The van der Waals surface area contributed by atoms with E-state index >= 15 is 0 Å². The minimum Gasteiger partial charge on any atom is -0.343 e. The lowest BCUT2D eigenvalue weighted by atomic mass is 9.94. The number of carbonyl (C=O) groups is 2. The van der Waals surface area contributed by atoms with Crippen LogP contribution >= 0.6 is 11.6 Å². The standard InChI is InChI=1S/C11H8ClF3N2O2/c1-10(2)4-3-5(7(18)11(13,14)15)16-8(12)6(4)9(19)17-10/h3H,1-2H3,(H,17,19). The Labute approximate surface area is 111 Å². The number of hydrogen-bond donors (Lipinski definition) is 1. The van der Waals surface area contributed by atoms with E-state index in [0.717, 1.165) is 6.07 Å². The second kappa shape index (κ2) is 3.93. The summed E-state index contributed by atoms with van der Waals surface area (Å²) in [6.07, 6.45) is -5.04. The number of rotatable bonds is 1. The highest BCUT2D eigenvalue weighted by Crippen LogP contribution is 2.35. The number of Topliss-reactive ketones (excluding diaryl/α,β-unsaturated/α-hetero) is 1. The molecular formula is C11H8ClF3N2O2. The Morgan fingerprint density at radius 3 is 2.53 bits per heavy atom. The SMILES string of the molecule is CC1(C)NC(=O)c2c1cc(C(=O)C(F)(F)F)nc2Cl. The number of fused-ring (bicyclic) bond motifs is 1.